The molecule has 2 rings (SSSR count). The van der Waals surface area contributed by atoms with Gasteiger partial charge in [-0.15, -0.1) is 0 Å². The number of hydrogen-bond acceptors (Lipinski definition) is 3. The van der Waals surface area contributed by atoms with Crippen LogP contribution in [-0.2, 0) is 13.0 Å². The first-order chi connectivity index (χ1) is 9.61. The van der Waals surface area contributed by atoms with E-state index in [0.717, 1.165) is 6.42 Å². The number of carboxylic acid groups (broad SMARTS) is 1. The SMILES string of the molecule is CCc1ccccc1CNc1ccc(Cl)c(C(=O)O)n1. The van der Waals surface area contributed by atoms with E-state index in [1.165, 1.54) is 17.2 Å². The first-order valence-corrected chi connectivity index (χ1v) is 6.70. The Bertz CT molecular complexity index is 629. The molecule has 0 amide bonds. The van der Waals surface area contributed by atoms with Crippen molar-refractivity contribution in [3.05, 3.63) is 58.2 Å². The summed E-state index contributed by atoms with van der Waals surface area (Å²) < 4.78 is 0. The molecule has 1 aromatic carbocycles. The Morgan fingerprint density at radius 3 is 2.60 bits per heavy atom. The maximum atomic E-state index is 11.0. The molecule has 2 aromatic rings. The van der Waals surface area contributed by atoms with E-state index in [1.807, 2.05) is 18.2 Å². The van der Waals surface area contributed by atoms with E-state index in [1.54, 1.807) is 6.07 Å². The molecule has 1 aromatic heterocycles. The van der Waals surface area contributed by atoms with E-state index in [9.17, 15) is 4.79 Å². The molecule has 20 heavy (non-hydrogen) atoms. The third-order valence-electron chi connectivity index (χ3n) is 3.01. The number of pyridine rings is 1. The second-order valence-corrected chi connectivity index (χ2v) is 4.72. The average Bonchev–Trinajstić information content (AvgIpc) is 2.46. The lowest BCUT2D eigenvalue weighted by Gasteiger charge is -2.10. The minimum absolute atomic E-state index is 0.136. The van der Waals surface area contributed by atoms with Gasteiger partial charge in [0.25, 0.3) is 0 Å². The minimum Gasteiger partial charge on any atom is -0.476 e. The summed E-state index contributed by atoms with van der Waals surface area (Å²) in [6, 6.07) is 11.3. The average molecular weight is 291 g/mol. The van der Waals surface area contributed by atoms with Crippen LogP contribution >= 0.6 is 11.6 Å². The molecule has 1 heterocycles. The number of carboxylic acids is 1. The number of aromatic carboxylic acids is 1. The van der Waals surface area contributed by atoms with Gasteiger partial charge in [-0.2, -0.15) is 0 Å². The van der Waals surface area contributed by atoms with Crippen molar-refractivity contribution >= 4 is 23.4 Å². The number of anilines is 1. The Labute approximate surface area is 122 Å². The van der Waals surface area contributed by atoms with Gasteiger partial charge in [-0.05, 0) is 29.7 Å². The summed E-state index contributed by atoms with van der Waals surface area (Å²) in [5.41, 5.74) is 2.29. The molecule has 2 N–H and O–H groups in total. The van der Waals surface area contributed by atoms with Crippen LogP contribution in [0.25, 0.3) is 0 Å². The Balaban J connectivity index is 2.15. The summed E-state index contributed by atoms with van der Waals surface area (Å²) in [6.07, 6.45) is 0.951. The maximum Gasteiger partial charge on any atom is 0.356 e. The monoisotopic (exact) mass is 290 g/mol. The molecule has 4 nitrogen and oxygen atoms in total. The predicted molar refractivity (Wildman–Crippen MR) is 79.4 cm³/mol. The molecule has 0 bridgehead atoms. The third-order valence-corrected chi connectivity index (χ3v) is 3.31. The quantitative estimate of drug-likeness (QED) is 0.883. The van der Waals surface area contributed by atoms with Gasteiger partial charge in [0, 0.05) is 6.54 Å². The highest BCUT2D eigenvalue weighted by molar-refractivity contribution is 6.33. The van der Waals surface area contributed by atoms with Gasteiger partial charge >= 0.3 is 5.97 Å². The van der Waals surface area contributed by atoms with E-state index in [0.29, 0.717) is 12.4 Å². The number of aromatic nitrogens is 1. The molecule has 0 saturated heterocycles. The molecule has 0 aliphatic heterocycles. The number of rotatable bonds is 5. The van der Waals surface area contributed by atoms with Crippen molar-refractivity contribution in [3.63, 3.8) is 0 Å². The molecule has 0 aliphatic rings. The van der Waals surface area contributed by atoms with Crippen LogP contribution in [0.1, 0.15) is 28.5 Å². The summed E-state index contributed by atoms with van der Waals surface area (Å²) in [5, 5.41) is 12.2. The Morgan fingerprint density at radius 2 is 1.95 bits per heavy atom. The van der Waals surface area contributed by atoms with Crippen molar-refractivity contribution in [2.75, 3.05) is 5.32 Å². The lowest BCUT2D eigenvalue weighted by Crippen LogP contribution is -2.07. The van der Waals surface area contributed by atoms with Crippen LogP contribution in [-0.4, -0.2) is 16.1 Å². The van der Waals surface area contributed by atoms with Gasteiger partial charge < -0.3 is 10.4 Å². The standard InChI is InChI=1S/C15H15ClN2O2/c1-2-10-5-3-4-6-11(10)9-17-13-8-7-12(16)14(18-13)15(19)20/h3-8H,2,9H2,1H3,(H,17,18)(H,19,20). The first kappa shape index (κ1) is 14.3. The zero-order valence-corrected chi connectivity index (χ0v) is 11.8. The summed E-state index contributed by atoms with van der Waals surface area (Å²) >= 11 is 5.78. The highest BCUT2D eigenvalue weighted by atomic mass is 35.5. The van der Waals surface area contributed by atoms with Crippen LogP contribution < -0.4 is 5.32 Å². The van der Waals surface area contributed by atoms with Crippen molar-refractivity contribution in [3.8, 4) is 0 Å². The lowest BCUT2D eigenvalue weighted by molar-refractivity contribution is 0.0691. The van der Waals surface area contributed by atoms with Gasteiger partial charge in [0.2, 0.25) is 0 Å². The molecule has 0 spiro atoms. The topological polar surface area (TPSA) is 62.2 Å². The smallest absolute Gasteiger partial charge is 0.356 e. The summed E-state index contributed by atoms with van der Waals surface area (Å²) in [6.45, 7) is 2.69. The Hall–Kier alpha value is -2.07. The highest BCUT2D eigenvalue weighted by Crippen LogP contribution is 2.18. The summed E-state index contributed by atoms with van der Waals surface area (Å²) in [5.74, 6) is -0.634. The summed E-state index contributed by atoms with van der Waals surface area (Å²) in [4.78, 5) is 15.0. The molecule has 104 valence electrons. The fourth-order valence-corrected chi connectivity index (χ4v) is 2.14. The molecule has 0 atom stereocenters. The fraction of sp³-hybridized carbons (Fsp3) is 0.200. The van der Waals surface area contributed by atoms with Gasteiger partial charge in [0.15, 0.2) is 5.69 Å². The van der Waals surface area contributed by atoms with Crippen molar-refractivity contribution in [2.24, 2.45) is 0 Å². The van der Waals surface area contributed by atoms with E-state index < -0.39 is 5.97 Å². The fourth-order valence-electron chi connectivity index (χ4n) is 1.95. The number of benzene rings is 1. The number of nitrogens with zero attached hydrogens (tertiary/aromatic N) is 1. The van der Waals surface area contributed by atoms with E-state index in [-0.39, 0.29) is 10.7 Å². The summed E-state index contributed by atoms with van der Waals surface area (Å²) in [7, 11) is 0. The number of carbonyl (C=O) groups is 1. The predicted octanol–water partition coefficient (Wildman–Crippen LogP) is 3.61. The van der Waals surface area contributed by atoms with Gasteiger partial charge in [-0.3, -0.25) is 0 Å². The van der Waals surface area contributed by atoms with Crippen molar-refractivity contribution < 1.29 is 9.90 Å². The number of nitrogens with one attached hydrogen (secondary N) is 1. The van der Waals surface area contributed by atoms with Crippen LogP contribution in [0.3, 0.4) is 0 Å². The molecule has 0 fully saturated rings. The van der Waals surface area contributed by atoms with Crippen molar-refractivity contribution in [2.45, 2.75) is 19.9 Å². The minimum atomic E-state index is -1.13. The third kappa shape index (κ3) is 3.27. The first-order valence-electron chi connectivity index (χ1n) is 6.32. The van der Waals surface area contributed by atoms with Crippen molar-refractivity contribution in [1.29, 1.82) is 0 Å². The molecule has 5 heteroatoms. The zero-order chi connectivity index (χ0) is 14.5. The molecular weight excluding hydrogens is 276 g/mol. The van der Waals surface area contributed by atoms with Gasteiger partial charge in [-0.25, -0.2) is 9.78 Å². The van der Waals surface area contributed by atoms with E-state index >= 15 is 0 Å². The van der Waals surface area contributed by atoms with Crippen molar-refractivity contribution in [1.82, 2.24) is 4.98 Å². The zero-order valence-electron chi connectivity index (χ0n) is 11.1. The van der Waals surface area contributed by atoms with E-state index in [2.05, 4.69) is 23.3 Å². The van der Waals surface area contributed by atoms with Crippen LogP contribution in [0.2, 0.25) is 5.02 Å². The number of halogens is 1. The molecule has 0 aliphatic carbocycles. The highest BCUT2D eigenvalue weighted by Gasteiger charge is 2.11. The van der Waals surface area contributed by atoms with E-state index in [4.69, 9.17) is 16.7 Å². The van der Waals surface area contributed by atoms with Crippen LogP contribution in [0, 0.1) is 0 Å². The number of hydrogen-bond donors (Lipinski definition) is 2. The van der Waals surface area contributed by atoms with Crippen LogP contribution in [0.4, 0.5) is 5.82 Å². The Morgan fingerprint density at radius 1 is 1.25 bits per heavy atom. The molecular formula is C15H15ClN2O2. The molecule has 0 saturated carbocycles. The number of aryl methyl sites for hydroxylation is 1. The Kier molecular flexibility index (Phi) is 4.58. The lowest BCUT2D eigenvalue weighted by atomic mass is 10.1. The normalized spacial score (nSPS) is 10.3. The van der Waals surface area contributed by atoms with Gasteiger partial charge in [0.1, 0.15) is 5.82 Å². The molecule has 0 radical (unpaired) electrons. The van der Waals surface area contributed by atoms with Crippen LogP contribution in [0.15, 0.2) is 36.4 Å². The molecule has 0 unspecified atom stereocenters. The van der Waals surface area contributed by atoms with Gasteiger partial charge in [0.05, 0.1) is 5.02 Å². The van der Waals surface area contributed by atoms with Gasteiger partial charge in [-0.1, -0.05) is 42.8 Å². The second kappa shape index (κ2) is 6.39. The maximum absolute atomic E-state index is 11.0. The van der Waals surface area contributed by atoms with Crippen LogP contribution in [0.5, 0.6) is 0 Å². The second-order valence-electron chi connectivity index (χ2n) is 4.31. The largest absolute Gasteiger partial charge is 0.476 e.